The van der Waals surface area contributed by atoms with Crippen molar-refractivity contribution in [3.05, 3.63) is 40.4 Å². The van der Waals surface area contributed by atoms with Crippen LogP contribution in [0.4, 0.5) is 19.0 Å². The lowest BCUT2D eigenvalue weighted by Crippen LogP contribution is -2.28. The van der Waals surface area contributed by atoms with Crippen LogP contribution in [0.2, 0.25) is 5.02 Å². The Morgan fingerprint density at radius 1 is 1.35 bits per heavy atom. The average Bonchev–Trinajstić information content (AvgIpc) is 2.90. The molecule has 0 radical (unpaired) electrons. The van der Waals surface area contributed by atoms with Crippen LogP contribution in [0.3, 0.4) is 0 Å². The monoisotopic (exact) mass is 348 g/mol. The molecule has 10 heteroatoms. The first-order valence-electron chi connectivity index (χ1n) is 6.45. The standard InChI is InChI=1S/C13H12ClF3N4O2/c1-7-4-10(23-21-7)12(22)19-3-2-18-11-9(14)5-8(6-20-11)13(15,16)17/h4-6H,2-3H2,1H3,(H,18,20)(H,19,22). The highest BCUT2D eigenvalue weighted by atomic mass is 35.5. The van der Waals surface area contributed by atoms with Crippen LogP contribution in [0.1, 0.15) is 21.8 Å². The van der Waals surface area contributed by atoms with Crippen LogP contribution in [-0.4, -0.2) is 29.1 Å². The molecule has 1 amide bonds. The number of hydrogen-bond acceptors (Lipinski definition) is 5. The van der Waals surface area contributed by atoms with Crippen LogP contribution in [0.25, 0.3) is 0 Å². The van der Waals surface area contributed by atoms with E-state index >= 15 is 0 Å². The van der Waals surface area contributed by atoms with Gasteiger partial charge in [0.15, 0.2) is 0 Å². The summed E-state index contributed by atoms with van der Waals surface area (Å²) in [6.45, 7) is 2.09. The zero-order chi connectivity index (χ0) is 17.0. The van der Waals surface area contributed by atoms with Crippen molar-refractivity contribution >= 4 is 23.3 Å². The number of nitrogens with zero attached hydrogens (tertiary/aromatic N) is 2. The van der Waals surface area contributed by atoms with Gasteiger partial charge in [-0.15, -0.1) is 0 Å². The lowest BCUT2D eigenvalue weighted by atomic mass is 10.3. The summed E-state index contributed by atoms with van der Waals surface area (Å²) in [6.07, 6.45) is -3.82. The van der Waals surface area contributed by atoms with Gasteiger partial charge >= 0.3 is 6.18 Å². The molecule has 0 saturated heterocycles. The van der Waals surface area contributed by atoms with E-state index < -0.39 is 17.6 Å². The van der Waals surface area contributed by atoms with Crippen LogP contribution < -0.4 is 10.6 Å². The Hall–Kier alpha value is -2.29. The van der Waals surface area contributed by atoms with Crippen molar-refractivity contribution in [1.82, 2.24) is 15.5 Å². The van der Waals surface area contributed by atoms with Gasteiger partial charge in [-0.25, -0.2) is 4.98 Å². The van der Waals surface area contributed by atoms with Crippen molar-refractivity contribution in [3.8, 4) is 0 Å². The molecule has 0 spiro atoms. The van der Waals surface area contributed by atoms with Gasteiger partial charge in [0.1, 0.15) is 5.82 Å². The summed E-state index contributed by atoms with van der Waals surface area (Å²) < 4.78 is 42.2. The first-order valence-corrected chi connectivity index (χ1v) is 6.83. The highest BCUT2D eigenvalue weighted by Gasteiger charge is 2.31. The van der Waals surface area contributed by atoms with E-state index in [1.165, 1.54) is 6.07 Å². The molecular weight excluding hydrogens is 337 g/mol. The second-order valence-corrected chi connectivity index (χ2v) is 4.97. The third-order valence-electron chi connectivity index (χ3n) is 2.72. The minimum Gasteiger partial charge on any atom is -0.367 e. The number of halogens is 4. The summed E-state index contributed by atoms with van der Waals surface area (Å²) in [5.41, 5.74) is -0.351. The van der Waals surface area contributed by atoms with Crippen LogP contribution in [0.5, 0.6) is 0 Å². The molecule has 2 rings (SSSR count). The Labute approximate surface area is 134 Å². The number of hydrogen-bond donors (Lipinski definition) is 2. The maximum Gasteiger partial charge on any atom is 0.417 e. The number of alkyl halides is 3. The number of aryl methyl sites for hydroxylation is 1. The van der Waals surface area contributed by atoms with E-state index in [-0.39, 0.29) is 29.7 Å². The normalized spacial score (nSPS) is 11.3. The fourth-order valence-electron chi connectivity index (χ4n) is 1.64. The number of aromatic nitrogens is 2. The summed E-state index contributed by atoms with van der Waals surface area (Å²) >= 11 is 5.74. The van der Waals surface area contributed by atoms with Gasteiger partial charge in [0, 0.05) is 25.4 Å². The zero-order valence-corrected chi connectivity index (χ0v) is 12.6. The molecule has 0 fully saturated rings. The number of anilines is 1. The van der Waals surface area contributed by atoms with Crippen molar-refractivity contribution in [3.63, 3.8) is 0 Å². The minimum absolute atomic E-state index is 0.0770. The van der Waals surface area contributed by atoms with E-state index in [0.717, 1.165) is 6.07 Å². The van der Waals surface area contributed by atoms with Crippen molar-refractivity contribution in [1.29, 1.82) is 0 Å². The van der Waals surface area contributed by atoms with Gasteiger partial charge in [0.2, 0.25) is 5.76 Å². The molecule has 2 aromatic heterocycles. The van der Waals surface area contributed by atoms with Crippen molar-refractivity contribution in [2.24, 2.45) is 0 Å². The topological polar surface area (TPSA) is 80.0 Å². The number of amides is 1. The molecule has 0 aliphatic rings. The summed E-state index contributed by atoms with van der Waals surface area (Å²) in [4.78, 5) is 15.3. The second-order valence-electron chi connectivity index (χ2n) is 4.57. The van der Waals surface area contributed by atoms with Gasteiger partial charge in [-0.2, -0.15) is 13.2 Å². The lowest BCUT2D eigenvalue weighted by molar-refractivity contribution is -0.137. The number of nitrogens with one attached hydrogen (secondary N) is 2. The molecule has 0 aliphatic carbocycles. The number of carbonyl (C=O) groups excluding carboxylic acids is 1. The largest absolute Gasteiger partial charge is 0.417 e. The van der Waals surface area contributed by atoms with Gasteiger partial charge in [0.05, 0.1) is 16.3 Å². The van der Waals surface area contributed by atoms with Gasteiger partial charge in [-0.3, -0.25) is 4.79 Å². The quantitative estimate of drug-likeness (QED) is 0.812. The molecule has 6 nitrogen and oxygen atoms in total. The van der Waals surface area contributed by atoms with Gasteiger partial charge in [0.25, 0.3) is 5.91 Å². The van der Waals surface area contributed by atoms with Gasteiger partial charge < -0.3 is 15.2 Å². The average molecular weight is 349 g/mol. The van der Waals surface area contributed by atoms with Crippen molar-refractivity contribution in [2.75, 3.05) is 18.4 Å². The van der Waals surface area contributed by atoms with E-state index in [4.69, 9.17) is 16.1 Å². The fourth-order valence-corrected chi connectivity index (χ4v) is 1.87. The van der Waals surface area contributed by atoms with Gasteiger partial charge in [-0.1, -0.05) is 16.8 Å². The highest BCUT2D eigenvalue weighted by Crippen LogP contribution is 2.32. The van der Waals surface area contributed by atoms with Crippen LogP contribution >= 0.6 is 11.6 Å². The summed E-state index contributed by atoms with van der Waals surface area (Å²) in [6, 6.07) is 2.27. The molecule has 2 heterocycles. The minimum atomic E-state index is -4.50. The highest BCUT2D eigenvalue weighted by molar-refractivity contribution is 6.32. The summed E-state index contributed by atoms with van der Waals surface area (Å²) in [5, 5.41) is 8.71. The molecule has 0 atom stereocenters. The predicted molar refractivity (Wildman–Crippen MR) is 76.3 cm³/mol. The maximum absolute atomic E-state index is 12.5. The van der Waals surface area contributed by atoms with Crippen molar-refractivity contribution < 1.29 is 22.5 Å². The maximum atomic E-state index is 12.5. The summed E-state index contributed by atoms with van der Waals surface area (Å²) in [5.74, 6) is -0.267. The predicted octanol–water partition coefficient (Wildman–Crippen LogP) is 2.89. The molecule has 0 saturated carbocycles. The van der Waals surface area contributed by atoms with Crippen LogP contribution in [-0.2, 0) is 6.18 Å². The number of carbonyl (C=O) groups is 1. The lowest BCUT2D eigenvalue weighted by Gasteiger charge is -2.10. The smallest absolute Gasteiger partial charge is 0.367 e. The molecule has 23 heavy (non-hydrogen) atoms. The second kappa shape index (κ2) is 6.86. The Morgan fingerprint density at radius 2 is 2.09 bits per heavy atom. The molecular formula is C13H12ClF3N4O2. The van der Waals surface area contributed by atoms with E-state index in [9.17, 15) is 18.0 Å². The Kier molecular flexibility index (Phi) is 5.09. The third-order valence-corrected chi connectivity index (χ3v) is 3.01. The van der Waals surface area contributed by atoms with Gasteiger partial charge in [-0.05, 0) is 13.0 Å². The molecule has 2 N–H and O–H groups in total. The van der Waals surface area contributed by atoms with Crippen LogP contribution in [0.15, 0.2) is 22.9 Å². The fraction of sp³-hybridized carbons (Fsp3) is 0.308. The first-order chi connectivity index (χ1) is 10.8. The first kappa shape index (κ1) is 17.1. The Morgan fingerprint density at radius 3 is 2.65 bits per heavy atom. The van der Waals surface area contributed by atoms with E-state index in [1.54, 1.807) is 6.92 Å². The molecule has 0 aliphatic heterocycles. The molecule has 0 aromatic carbocycles. The molecule has 124 valence electrons. The van der Waals surface area contributed by atoms with E-state index in [1.807, 2.05) is 0 Å². The third kappa shape index (κ3) is 4.59. The number of pyridine rings is 1. The van der Waals surface area contributed by atoms with Crippen LogP contribution in [0, 0.1) is 6.92 Å². The van der Waals surface area contributed by atoms with E-state index in [2.05, 4.69) is 20.8 Å². The Balaban J connectivity index is 1.83. The molecule has 0 bridgehead atoms. The summed E-state index contributed by atoms with van der Waals surface area (Å²) in [7, 11) is 0. The van der Waals surface area contributed by atoms with E-state index in [0.29, 0.717) is 11.9 Å². The number of rotatable bonds is 5. The molecule has 0 unspecified atom stereocenters. The molecule has 2 aromatic rings. The Bertz CT molecular complexity index is 703. The van der Waals surface area contributed by atoms with Crippen molar-refractivity contribution in [2.45, 2.75) is 13.1 Å². The zero-order valence-electron chi connectivity index (χ0n) is 11.9. The SMILES string of the molecule is Cc1cc(C(=O)NCCNc2ncc(C(F)(F)F)cc2Cl)on1.